The van der Waals surface area contributed by atoms with Crippen molar-refractivity contribution in [3.05, 3.63) is 24.0 Å². The van der Waals surface area contributed by atoms with E-state index < -0.39 is 34.2 Å². The molecule has 0 aromatic heterocycles. The summed E-state index contributed by atoms with van der Waals surface area (Å²) in [5.74, 6) is -2.36. The Bertz CT molecular complexity index is 477. The van der Waals surface area contributed by atoms with Gasteiger partial charge in [0, 0.05) is 6.07 Å². The van der Waals surface area contributed by atoms with Crippen LogP contribution in [0.5, 0.6) is 11.5 Å². The molecule has 0 aliphatic carbocycles. The van der Waals surface area contributed by atoms with Gasteiger partial charge >= 0.3 is 16.9 Å². The molecule has 0 saturated heterocycles. The van der Waals surface area contributed by atoms with Crippen molar-refractivity contribution in [1.82, 2.24) is 0 Å². The standard InChI is InChI=1S/C7H6F3NO4S/c8-5-3-4(14-7(9)10)1-2-6(5)15-16(11,12)13/h1-3,7H,(H2,11,12,13). The lowest BCUT2D eigenvalue weighted by Gasteiger charge is -2.07. The van der Waals surface area contributed by atoms with Gasteiger partial charge in [0.05, 0.1) is 0 Å². The Morgan fingerprint density at radius 1 is 1.31 bits per heavy atom. The molecule has 1 rings (SSSR count). The summed E-state index contributed by atoms with van der Waals surface area (Å²) in [4.78, 5) is 0. The monoisotopic (exact) mass is 257 g/mol. The number of nitrogens with two attached hydrogens (primary N) is 1. The van der Waals surface area contributed by atoms with E-state index in [9.17, 15) is 21.6 Å². The van der Waals surface area contributed by atoms with Gasteiger partial charge in [-0.25, -0.2) is 4.39 Å². The number of hydrogen-bond acceptors (Lipinski definition) is 4. The lowest BCUT2D eigenvalue weighted by molar-refractivity contribution is -0.0500. The average molecular weight is 257 g/mol. The quantitative estimate of drug-likeness (QED) is 0.873. The van der Waals surface area contributed by atoms with Crippen LogP contribution in [-0.4, -0.2) is 15.0 Å². The van der Waals surface area contributed by atoms with Crippen LogP contribution >= 0.6 is 0 Å². The fourth-order valence-electron chi connectivity index (χ4n) is 0.850. The predicted octanol–water partition coefficient (Wildman–Crippen LogP) is 1.01. The Kier molecular flexibility index (Phi) is 3.60. The van der Waals surface area contributed by atoms with Crippen LogP contribution in [0.2, 0.25) is 0 Å². The third-order valence-electron chi connectivity index (χ3n) is 1.33. The van der Waals surface area contributed by atoms with E-state index in [1.54, 1.807) is 0 Å². The van der Waals surface area contributed by atoms with Gasteiger partial charge in [-0.15, -0.1) is 0 Å². The molecular formula is C7H6F3NO4S. The highest BCUT2D eigenvalue weighted by Gasteiger charge is 2.13. The molecule has 16 heavy (non-hydrogen) atoms. The van der Waals surface area contributed by atoms with E-state index in [1.165, 1.54) is 0 Å². The molecule has 0 atom stereocenters. The van der Waals surface area contributed by atoms with Crippen molar-refractivity contribution < 1.29 is 30.5 Å². The first-order chi connectivity index (χ1) is 7.28. The molecule has 0 heterocycles. The smallest absolute Gasteiger partial charge is 0.387 e. The summed E-state index contributed by atoms with van der Waals surface area (Å²) < 4.78 is 65.3. The van der Waals surface area contributed by atoms with Crippen molar-refractivity contribution in [3.63, 3.8) is 0 Å². The zero-order valence-corrected chi connectivity index (χ0v) is 8.38. The predicted molar refractivity (Wildman–Crippen MR) is 46.8 cm³/mol. The lowest BCUT2D eigenvalue weighted by atomic mass is 10.3. The van der Waals surface area contributed by atoms with E-state index >= 15 is 0 Å². The van der Waals surface area contributed by atoms with Crippen LogP contribution in [0.3, 0.4) is 0 Å². The second kappa shape index (κ2) is 4.58. The number of benzene rings is 1. The Morgan fingerprint density at radius 3 is 2.38 bits per heavy atom. The molecule has 2 N–H and O–H groups in total. The van der Waals surface area contributed by atoms with E-state index in [-0.39, 0.29) is 0 Å². The highest BCUT2D eigenvalue weighted by atomic mass is 32.2. The van der Waals surface area contributed by atoms with Gasteiger partial charge in [-0.2, -0.15) is 22.3 Å². The number of ether oxygens (including phenoxy) is 1. The maximum absolute atomic E-state index is 13.1. The van der Waals surface area contributed by atoms with Crippen LogP contribution in [0.1, 0.15) is 0 Å². The first kappa shape index (κ1) is 12.6. The average Bonchev–Trinajstić information content (AvgIpc) is 2.06. The molecule has 90 valence electrons. The normalized spacial score (nSPS) is 11.6. The molecule has 1 aromatic rings. The summed E-state index contributed by atoms with van der Waals surface area (Å²) in [6, 6.07) is 2.26. The zero-order chi connectivity index (χ0) is 12.3. The minimum absolute atomic E-state index is 0.464. The van der Waals surface area contributed by atoms with Crippen LogP contribution in [0.15, 0.2) is 18.2 Å². The largest absolute Gasteiger partial charge is 0.435 e. The molecule has 0 saturated carbocycles. The third kappa shape index (κ3) is 3.95. The van der Waals surface area contributed by atoms with E-state index in [4.69, 9.17) is 0 Å². The maximum Gasteiger partial charge on any atom is 0.387 e. The molecule has 0 amide bonds. The lowest BCUT2D eigenvalue weighted by Crippen LogP contribution is -2.19. The SMILES string of the molecule is NS(=O)(=O)Oc1ccc(OC(F)F)cc1F. The number of alkyl halides is 2. The zero-order valence-electron chi connectivity index (χ0n) is 7.56. The number of rotatable bonds is 4. The van der Waals surface area contributed by atoms with Crippen molar-refractivity contribution in [2.24, 2.45) is 5.14 Å². The van der Waals surface area contributed by atoms with E-state index in [1.807, 2.05) is 0 Å². The second-order valence-electron chi connectivity index (χ2n) is 2.55. The molecule has 5 nitrogen and oxygen atoms in total. The van der Waals surface area contributed by atoms with Gasteiger partial charge in [0.15, 0.2) is 11.6 Å². The van der Waals surface area contributed by atoms with Gasteiger partial charge in [0.25, 0.3) is 0 Å². The maximum atomic E-state index is 13.1. The summed E-state index contributed by atoms with van der Waals surface area (Å²) in [5, 5.41) is 4.49. The van der Waals surface area contributed by atoms with Crippen LogP contribution in [0.4, 0.5) is 13.2 Å². The van der Waals surface area contributed by atoms with Crippen LogP contribution in [0, 0.1) is 5.82 Å². The Hall–Kier alpha value is -1.48. The van der Waals surface area contributed by atoms with E-state index in [0.717, 1.165) is 12.1 Å². The summed E-state index contributed by atoms with van der Waals surface area (Å²) in [7, 11) is -4.36. The molecule has 0 bridgehead atoms. The highest BCUT2D eigenvalue weighted by molar-refractivity contribution is 7.84. The van der Waals surface area contributed by atoms with Crippen molar-refractivity contribution >= 4 is 10.3 Å². The highest BCUT2D eigenvalue weighted by Crippen LogP contribution is 2.24. The molecule has 0 aliphatic rings. The van der Waals surface area contributed by atoms with Crippen molar-refractivity contribution in [2.45, 2.75) is 6.61 Å². The number of halogens is 3. The molecule has 0 spiro atoms. The van der Waals surface area contributed by atoms with Crippen molar-refractivity contribution in [2.75, 3.05) is 0 Å². The molecule has 1 aromatic carbocycles. The molecule has 0 radical (unpaired) electrons. The minimum Gasteiger partial charge on any atom is -0.435 e. The topological polar surface area (TPSA) is 78.6 Å². The molecule has 0 aliphatic heterocycles. The fourth-order valence-corrected chi connectivity index (χ4v) is 1.24. The van der Waals surface area contributed by atoms with E-state index in [2.05, 4.69) is 14.1 Å². The van der Waals surface area contributed by atoms with Crippen molar-refractivity contribution in [3.8, 4) is 11.5 Å². The molecule has 0 fully saturated rings. The van der Waals surface area contributed by atoms with E-state index in [0.29, 0.717) is 6.07 Å². The van der Waals surface area contributed by atoms with Gasteiger partial charge in [0.1, 0.15) is 5.75 Å². The Balaban J connectivity index is 2.92. The van der Waals surface area contributed by atoms with Crippen LogP contribution in [0.25, 0.3) is 0 Å². The third-order valence-corrected chi connectivity index (χ3v) is 1.75. The van der Waals surface area contributed by atoms with Crippen LogP contribution in [-0.2, 0) is 10.3 Å². The van der Waals surface area contributed by atoms with Crippen LogP contribution < -0.4 is 14.1 Å². The Labute approximate surface area is 88.8 Å². The second-order valence-corrected chi connectivity index (χ2v) is 3.70. The Morgan fingerprint density at radius 2 is 1.94 bits per heavy atom. The molecule has 0 unspecified atom stereocenters. The summed E-state index contributed by atoms with van der Waals surface area (Å²) in [5.41, 5.74) is 0. The van der Waals surface area contributed by atoms with Crippen molar-refractivity contribution in [1.29, 1.82) is 0 Å². The molecule has 9 heteroatoms. The first-order valence-corrected chi connectivity index (χ1v) is 5.21. The minimum atomic E-state index is -4.36. The van der Waals surface area contributed by atoms with Gasteiger partial charge in [-0.3, -0.25) is 0 Å². The summed E-state index contributed by atoms with van der Waals surface area (Å²) >= 11 is 0. The molecular weight excluding hydrogens is 251 g/mol. The van der Waals surface area contributed by atoms with Gasteiger partial charge in [0.2, 0.25) is 0 Å². The van der Waals surface area contributed by atoms with Gasteiger partial charge < -0.3 is 8.92 Å². The van der Waals surface area contributed by atoms with Gasteiger partial charge in [-0.05, 0) is 12.1 Å². The summed E-state index contributed by atoms with van der Waals surface area (Å²) in [6.45, 7) is -3.11. The number of hydrogen-bond donors (Lipinski definition) is 1. The van der Waals surface area contributed by atoms with Gasteiger partial charge in [-0.1, -0.05) is 0 Å². The first-order valence-electron chi connectivity index (χ1n) is 3.74. The fraction of sp³-hybridized carbons (Fsp3) is 0.143. The summed E-state index contributed by atoms with van der Waals surface area (Å²) in [6.07, 6.45) is 0.